The van der Waals surface area contributed by atoms with Crippen LogP contribution in [0.2, 0.25) is 10.0 Å². The summed E-state index contributed by atoms with van der Waals surface area (Å²) in [6, 6.07) is 7.50. The summed E-state index contributed by atoms with van der Waals surface area (Å²) >= 11 is 12.2. The van der Waals surface area contributed by atoms with Gasteiger partial charge in [-0.1, -0.05) is 23.2 Å². The first-order valence-electron chi connectivity index (χ1n) is 10.2. The van der Waals surface area contributed by atoms with Gasteiger partial charge >= 0.3 is 11.9 Å². The number of halogens is 3. The fraction of sp³-hybridized carbons (Fsp3) is 0.174. The van der Waals surface area contributed by atoms with Gasteiger partial charge in [0, 0.05) is 12.1 Å². The Kier molecular flexibility index (Phi) is 8.62. The molecule has 1 aromatic heterocycles. The number of aryl methyl sites for hydroxylation is 1. The Morgan fingerprint density at radius 1 is 1.08 bits per heavy atom. The summed E-state index contributed by atoms with van der Waals surface area (Å²) in [5, 5.41) is 15.1. The van der Waals surface area contributed by atoms with Gasteiger partial charge in [0.2, 0.25) is 0 Å². The van der Waals surface area contributed by atoms with Crippen molar-refractivity contribution in [1.82, 2.24) is 9.78 Å². The number of hydrogen-bond donors (Lipinski definition) is 2. The number of rotatable bonds is 9. The summed E-state index contributed by atoms with van der Waals surface area (Å²) < 4.78 is 24.8. The highest BCUT2D eigenvalue weighted by Gasteiger charge is 2.18. The molecule has 0 aliphatic rings. The molecular weight excluding hydrogens is 520 g/mol. The summed E-state index contributed by atoms with van der Waals surface area (Å²) in [5.74, 6) is -2.82. The van der Waals surface area contributed by atoms with Crippen molar-refractivity contribution >= 4 is 46.7 Å². The van der Waals surface area contributed by atoms with Gasteiger partial charge in [0.25, 0.3) is 11.5 Å². The normalized spacial score (nSPS) is 10.6. The minimum Gasteiger partial charge on any atom is -0.481 e. The molecule has 0 radical (unpaired) electrons. The van der Waals surface area contributed by atoms with Crippen LogP contribution in [0, 0.1) is 12.7 Å². The number of hydrogen-bond acceptors (Lipinski definition) is 7. The van der Waals surface area contributed by atoms with E-state index in [1.54, 1.807) is 6.92 Å². The first-order chi connectivity index (χ1) is 17.0. The Morgan fingerprint density at radius 2 is 1.81 bits per heavy atom. The number of nitrogens with zero attached hydrogens (tertiary/aromatic N) is 2. The number of carbonyl (C=O) groups excluding carboxylic acids is 2. The van der Waals surface area contributed by atoms with E-state index in [2.05, 4.69) is 10.4 Å². The van der Waals surface area contributed by atoms with E-state index < -0.39 is 42.4 Å². The van der Waals surface area contributed by atoms with Crippen molar-refractivity contribution in [1.29, 1.82) is 0 Å². The zero-order valence-corrected chi connectivity index (χ0v) is 20.1. The van der Waals surface area contributed by atoms with Crippen LogP contribution in [0.4, 0.5) is 10.1 Å². The van der Waals surface area contributed by atoms with E-state index in [9.17, 15) is 23.6 Å². The van der Waals surface area contributed by atoms with Gasteiger partial charge in [0.15, 0.2) is 6.73 Å². The molecule has 0 fully saturated rings. The molecule has 36 heavy (non-hydrogen) atoms. The number of nitrogens with one attached hydrogen (secondary N) is 1. The number of carbonyl (C=O) groups is 3. The second-order valence-electron chi connectivity index (χ2n) is 7.35. The summed E-state index contributed by atoms with van der Waals surface area (Å²) in [4.78, 5) is 47.2. The Balaban J connectivity index is 1.76. The topological polar surface area (TPSA) is 137 Å². The third-order valence-electron chi connectivity index (χ3n) is 4.64. The lowest BCUT2D eigenvalue weighted by atomic mass is 10.1. The first-order valence-corrected chi connectivity index (χ1v) is 11.0. The van der Waals surface area contributed by atoms with Crippen molar-refractivity contribution in [3.63, 3.8) is 0 Å². The lowest BCUT2D eigenvalue weighted by Crippen LogP contribution is -2.26. The number of amides is 1. The van der Waals surface area contributed by atoms with Crippen LogP contribution in [0.5, 0.6) is 11.5 Å². The molecule has 0 aliphatic heterocycles. The minimum atomic E-state index is -1.16. The molecule has 1 amide bonds. The molecule has 0 aliphatic carbocycles. The van der Waals surface area contributed by atoms with Crippen LogP contribution in [-0.2, 0) is 21.1 Å². The molecule has 3 aromatic rings. The number of carboxylic acid groups (broad SMARTS) is 1. The minimum absolute atomic E-state index is 0.0217. The number of aromatic nitrogens is 2. The van der Waals surface area contributed by atoms with E-state index in [0.717, 1.165) is 16.9 Å². The van der Waals surface area contributed by atoms with Crippen molar-refractivity contribution in [2.24, 2.45) is 0 Å². The molecule has 0 spiro atoms. The monoisotopic (exact) mass is 537 g/mol. The molecule has 188 valence electrons. The first kappa shape index (κ1) is 26.6. The Bertz CT molecular complexity index is 1390. The standard InChI is InChI=1S/C23H18Cl2FN3O7/c1-12-6-13(26)2-3-18(12)36-19-9-17(25)16(24)8-15(19)23(34)28-14-7-20(30)29(27-10-14)11-35-22(33)5-4-21(31)32/h2-3,6-10H,4-5,11H2,1H3,(H,28,34)(H,31,32). The second-order valence-corrected chi connectivity index (χ2v) is 8.16. The van der Waals surface area contributed by atoms with Gasteiger partial charge in [-0.05, 0) is 36.8 Å². The molecule has 0 atom stereocenters. The third-order valence-corrected chi connectivity index (χ3v) is 5.36. The highest BCUT2D eigenvalue weighted by molar-refractivity contribution is 6.42. The van der Waals surface area contributed by atoms with Gasteiger partial charge in [-0.3, -0.25) is 19.2 Å². The Labute approximate surface area is 213 Å². The quantitative estimate of drug-likeness (QED) is 0.383. The third kappa shape index (κ3) is 7.03. The van der Waals surface area contributed by atoms with Crippen LogP contribution in [0.25, 0.3) is 0 Å². The van der Waals surface area contributed by atoms with E-state index in [1.165, 1.54) is 30.3 Å². The van der Waals surface area contributed by atoms with Crippen molar-refractivity contribution in [2.45, 2.75) is 26.5 Å². The molecule has 3 rings (SSSR count). The summed E-state index contributed by atoms with van der Waals surface area (Å²) in [7, 11) is 0. The van der Waals surface area contributed by atoms with Gasteiger partial charge in [0.1, 0.15) is 17.3 Å². The Morgan fingerprint density at radius 3 is 2.47 bits per heavy atom. The number of carboxylic acids is 1. The average Bonchev–Trinajstić information content (AvgIpc) is 2.81. The number of benzene rings is 2. The maximum atomic E-state index is 13.4. The molecule has 1 heterocycles. The van der Waals surface area contributed by atoms with Crippen molar-refractivity contribution < 1.29 is 33.4 Å². The van der Waals surface area contributed by atoms with E-state index >= 15 is 0 Å². The van der Waals surface area contributed by atoms with Crippen LogP contribution in [-0.4, -0.2) is 32.7 Å². The van der Waals surface area contributed by atoms with Gasteiger partial charge in [-0.25, -0.2) is 4.39 Å². The zero-order valence-electron chi connectivity index (χ0n) is 18.6. The van der Waals surface area contributed by atoms with Crippen LogP contribution >= 0.6 is 23.2 Å². The predicted octanol–water partition coefficient (Wildman–Crippen LogP) is 4.41. The van der Waals surface area contributed by atoms with Crippen LogP contribution in [0.15, 0.2) is 47.4 Å². The van der Waals surface area contributed by atoms with Crippen LogP contribution in [0.1, 0.15) is 28.8 Å². The lowest BCUT2D eigenvalue weighted by Gasteiger charge is -2.14. The molecule has 10 nitrogen and oxygen atoms in total. The predicted molar refractivity (Wildman–Crippen MR) is 127 cm³/mol. The highest BCUT2D eigenvalue weighted by Crippen LogP contribution is 2.35. The largest absolute Gasteiger partial charge is 0.481 e. The fourth-order valence-corrected chi connectivity index (χ4v) is 3.17. The number of anilines is 1. The van der Waals surface area contributed by atoms with E-state index in [-0.39, 0.29) is 39.2 Å². The average molecular weight is 538 g/mol. The summed E-state index contributed by atoms with van der Waals surface area (Å²) in [6.45, 7) is 1.09. The van der Waals surface area contributed by atoms with Crippen LogP contribution in [0.3, 0.4) is 0 Å². The SMILES string of the molecule is Cc1cc(F)ccc1Oc1cc(Cl)c(Cl)cc1C(=O)Nc1cnn(COC(=O)CCC(=O)O)c(=O)c1. The van der Waals surface area contributed by atoms with Crippen molar-refractivity contribution in [3.8, 4) is 11.5 Å². The van der Waals surface area contributed by atoms with Gasteiger partial charge < -0.3 is 19.9 Å². The van der Waals surface area contributed by atoms with E-state index in [0.29, 0.717) is 5.56 Å². The molecule has 0 saturated carbocycles. The molecule has 13 heteroatoms. The number of aliphatic carboxylic acids is 1. The highest BCUT2D eigenvalue weighted by atomic mass is 35.5. The smallest absolute Gasteiger partial charge is 0.308 e. The van der Waals surface area contributed by atoms with E-state index in [1.807, 2.05) is 0 Å². The summed E-state index contributed by atoms with van der Waals surface area (Å²) in [6.07, 6.45) is 0.379. The summed E-state index contributed by atoms with van der Waals surface area (Å²) in [5.41, 5.74) is -0.228. The molecule has 0 unspecified atom stereocenters. The Hall–Kier alpha value is -3.96. The zero-order chi connectivity index (χ0) is 26.4. The number of ether oxygens (including phenoxy) is 2. The molecular formula is C23H18Cl2FN3O7. The van der Waals surface area contributed by atoms with E-state index in [4.69, 9.17) is 37.8 Å². The maximum absolute atomic E-state index is 13.4. The number of esters is 1. The van der Waals surface area contributed by atoms with Crippen LogP contribution < -0.4 is 15.6 Å². The van der Waals surface area contributed by atoms with Gasteiger partial charge in [0.05, 0.1) is 40.3 Å². The van der Waals surface area contributed by atoms with Crippen molar-refractivity contribution in [2.75, 3.05) is 5.32 Å². The molecule has 0 saturated heterocycles. The second kappa shape index (κ2) is 11.6. The molecule has 0 bridgehead atoms. The molecule has 2 aromatic carbocycles. The molecule has 2 N–H and O–H groups in total. The van der Waals surface area contributed by atoms with Gasteiger partial charge in [-0.15, -0.1) is 0 Å². The van der Waals surface area contributed by atoms with Gasteiger partial charge in [-0.2, -0.15) is 9.78 Å². The van der Waals surface area contributed by atoms with Crippen molar-refractivity contribution in [3.05, 3.63) is 79.9 Å². The maximum Gasteiger partial charge on any atom is 0.308 e. The fourth-order valence-electron chi connectivity index (χ4n) is 2.85. The lowest BCUT2D eigenvalue weighted by molar-refractivity contribution is -0.151.